The van der Waals surface area contributed by atoms with E-state index in [1.807, 2.05) is 20.0 Å². The van der Waals surface area contributed by atoms with Gasteiger partial charge in [-0.05, 0) is 58.3 Å². The molecule has 0 amide bonds. The molecule has 2 unspecified atom stereocenters. The van der Waals surface area contributed by atoms with Crippen LogP contribution < -0.4 is 0 Å². The fourth-order valence-electron chi connectivity index (χ4n) is 3.17. The van der Waals surface area contributed by atoms with Crippen LogP contribution in [0.4, 0.5) is 0 Å². The summed E-state index contributed by atoms with van der Waals surface area (Å²) < 4.78 is 2.20. The van der Waals surface area contributed by atoms with Crippen molar-refractivity contribution in [2.45, 2.75) is 51.6 Å². The molecule has 4 nitrogen and oxygen atoms in total. The lowest BCUT2D eigenvalue weighted by atomic mass is 10.2. The van der Waals surface area contributed by atoms with Crippen molar-refractivity contribution in [2.24, 2.45) is 0 Å². The normalized spacial score (nSPS) is 19.2. The highest BCUT2D eigenvalue weighted by molar-refractivity contribution is 6.20. The zero-order chi connectivity index (χ0) is 15.0. The van der Waals surface area contributed by atoms with E-state index in [-0.39, 0.29) is 5.38 Å². The Morgan fingerprint density at radius 1 is 1.29 bits per heavy atom. The highest BCUT2D eigenvalue weighted by atomic mass is 35.5. The Hall–Kier alpha value is -1.13. The topological polar surface area (TPSA) is 34.0 Å². The molecule has 0 N–H and O–H groups in total. The Balaban J connectivity index is 1.96. The minimum absolute atomic E-state index is 0.106. The van der Waals surface area contributed by atoms with E-state index in [0.717, 1.165) is 29.1 Å². The summed E-state index contributed by atoms with van der Waals surface area (Å²) in [6.45, 7) is 9.61. The second kappa shape index (κ2) is 5.93. The van der Waals surface area contributed by atoms with E-state index in [2.05, 4.69) is 27.4 Å². The van der Waals surface area contributed by atoms with Crippen LogP contribution >= 0.6 is 11.6 Å². The van der Waals surface area contributed by atoms with Crippen molar-refractivity contribution in [3.05, 3.63) is 23.7 Å². The molecule has 0 bridgehead atoms. The van der Waals surface area contributed by atoms with Gasteiger partial charge in [0.1, 0.15) is 11.3 Å². The van der Waals surface area contributed by atoms with Crippen molar-refractivity contribution in [3.63, 3.8) is 0 Å². The number of alkyl halides is 1. The lowest BCUT2D eigenvalue weighted by Gasteiger charge is -2.25. The first-order valence-electron chi connectivity index (χ1n) is 7.77. The number of hydrogen-bond acceptors (Lipinski definition) is 3. The molecule has 1 aliphatic rings. The van der Waals surface area contributed by atoms with Gasteiger partial charge in [-0.3, -0.25) is 4.90 Å². The monoisotopic (exact) mass is 306 g/mol. The summed E-state index contributed by atoms with van der Waals surface area (Å²) in [5.41, 5.74) is 3.04. The second-order valence-electron chi connectivity index (χ2n) is 6.14. The molecule has 0 aliphatic carbocycles. The molecule has 21 heavy (non-hydrogen) atoms. The molecule has 0 spiro atoms. The van der Waals surface area contributed by atoms with Crippen LogP contribution in [0.1, 0.15) is 43.5 Å². The van der Waals surface area contributed by atoms with Crippen molar-refractivity contribution >= 4 is 22.8 Å². The summed E-state index contributed by atoms with van der Waals surface area (Å²) in [4.78, 5) is 11.8. The maximum atomic E-state index is 6.34. The maximum Gasteiger partial charge on any atom is 0.160 e. The van der Waals surface area contributed by atoms with Gasteiger partial charge in [-0.2, -0.15) is 0 Å². The fourth-order valence-corrected chi connectivity index (χ4v) is 3.34. The smallest absolute Gasteiger partial charge is 0.160 e. The van der Waals surface area contributed by atoms with E-state index in [0.29, 0.717) is 6.04 Å². The summed E-state index contributed by atoms with van der Waals surface area (Å²) in [5.74, 6) is 0.927. The molecule has 3 rings (SSSR count). The van der Waals surface area contributed by atoms with Crippen LogP contribution in [-0.2, 0) is 6.54 Å². The van der Waals surface area contributed by atoms with Gasteiger partial charge < -0.3 is 4.57 Å². The molecule has 0 radical (unpaired) electrons. The number of hydrogen-bond donors (Lipinski definition) is 0. The number of halogens is 1. The average Bonchev–Trinajstić information content (AvgIpc) is 3.06. The third-order valence-electron chi connectivity index (χ3n) is 4.32. The number of pyridine rings is 1. The molecule has 0 saturated carbocycles. The van der Waals surface area contributed by atoms with Crippen LogP contribution in [0.15, 0.2) is 12.3 Å². The van der Waals surface area contributed by atoms with E-state index >= 15 is 0 Å². The van der Waals surface area contributed by atoms with Gasteiger partial charge in [-0.15, -0.1) is 11.6 Å². The molecule has 5 heteroatoms. The Labute approximate surface area is 131 Å². The van der Waals surface area contributed by atoms with Crippen molar-refractivity contribution < 1.29 is 0 Å². The molecule has 114 valence electrons. The number of imidazole rings is 1. The number of fused-ring (bicyclic) bond motifs is 1. The van der Waals surface area contributed by atoms with Crippen LogP contribution in [0.2, 0.25) is 0 Å². The van der Waals surface area contributed by atoms with E-state index in [1.165, 1.54) is 25.9 Å². The lowest BCUT2D eigenvalue weighted by molar-refractivity contribution is 0.235. The number of aryl methyl sites for hydroxylation is 1. The molecular weight excluding hydrogens is 284 g/mol. The molecule has 1 aliphatic heterocycles. The number of rotatable bonds is 4. The van der Waals surface area contributed by atoms with Crippen molar-refractivity contribution in [1.29, 1.82) is 0 Å². The van der Waals surface area contributed by atoms with Gasteiger partial charge in [0.2, 0.25) is 0 Å². The Kier molecular flexibility index (Phi) is 4.18. The third kappa shape index (κ3) is 2.92. The predicted octanol–water partition coefficient (Wildman–Crippen LogP) is 3.52. The standard InChI is InChI=1S/C16H23ClN4/c1-11-8-14-16(18-9-11)21(15(19-14)13(3)17)10-12(2)20-6-4-5-7-20/h8-9,12-13H,4-7,10H2,1-3H3. The molecule has 3 heterocycles. The maximum absolute atomic E-state index is 6.34. The number of likely N-dealkylation sites (tertiary alicyclic amines) is 1. The summed E-state index contributed by atoms with van der Waals surface area (Å²) >= 11 is 6.34. The minimum Gasteiger partial charge on any atom is -0.310 e. The van der Waals surface area contributed by atoms with Crippen LogP contribution in [0.5, 0.6) is 0 Å². The highest BCUT2D eigenvalue weighted by Crippen LogP contribution is 2.25. The predicted molar refractivity (Wildman–Crippen MR) is 86.8 cm³/mol. The van der Waals surface area contributed by atoms with Crippen LogP contribution in [-0.4, -0.2) is 38.6 Å². The van der Waals surface area contributed by atoms with Crippen molar-refractivity contribution in [1.82, 2.24) is 19.4 Å². The fraction of sp³-hybridized carbons (Fsp3) is 0.625. The van der Waals surface area contributed by atoms with Gasteiger partial charge >= 0.3 is 0 Å². The summed E-state index contributed by atoms with van der Waals surface area (Å²) in [6.07, 6.45) is 4.53. The first-order chi connectivity index (χ1) is 10.1. The second-order valence-corrected chi connectivity index (χ2v) is 6.80. The quantitative estimate of drug-likeness (QED) is 0.810. The van der Waals surface area contributed by atoms with Crippen molar-refractivity contribution in [3.8, 4) is 0 Å². The highest BCUT2D eigenvalue weighted by Gasteiger charge is 2.22. The Morgan fingerprint density at radius 2 is 2.00 bits per heavy atom. The van der Waals surface area contributed by atoms with Gasteiger partial charge in [0.05, 0.1) is 5.38 Å². The summed E-state index contributed by atoms with van der Waals surface area (Å²) in [5, 5.41) is -0.106. The molecule has 1 saturated heterocycles. The van der Waals surface area contributed by atoms with Crippen LogP contribution in [0.3, 0.4) is 0 Å². The number of nitrogens with zero attached hydrogens (tertiary/aromatic N) is 4. The Morgan fingerprint density at radius 3 is 2.67 bits per heavy atom. The van der Waals surface area contributed by atoms with Gasteiger partial charge in [0.15, 0.2) is 5.65 Å². The lowest BCUT2D eigenvalue weighted by Crippen LogP contribution is -2.34. The summed E-state index contributed by atoms with van der Waals surface area (Å²) in [7, 11) is 0. The van der Waals surface area contributed by atoms with Gasteiger partial charge in [0, 0.05) is 18.8 Å². The average molecular weight is 307 g/mol. The number of aromatic nitrogens is 3. The largest absolute Gasteiger partial charge is 0.310 e. The van der Waals surface area contributed by atoms with E-state index in [4.69, 9.17) is 16.6 Å². The third-order valence-corrected chi connectivity index (χ3v) is 4.51. The SMILES string of the molecule is Cc1cnc2c(c1)nc(C(C)Cl)n2CC(C)N1CCCC1. The zero-order valence-corrected chi connectivity index (χ0v) is 13.8. The molecule has 0 aromatic carbocycles. The van der Waals surface area contributed by atoms with E-state index in [1.54, 1.807) is 0 Å². The van der Waals surface area contributed by atoms with Gasteiger partial charge in [-0.1, -0.05) is 0 Å². The molecule has 2 aromatic heterocycles. The zero-order valence-electron chi connectivity index (χ0n) is 13.0. The van der Waals surface area contributed by atoms with Gasteiger partial charge in [-0.25, -0.2) is 9.97 Å². The molecule has 2 aromatic rings. The van der Waals surface area contributed by atoms with E-state index < -0.39 is 0 Å². The van der Waals surface area contributed by atoms with Gasteiger partial charge in [0.25, 0.3) is 0 Å². The molecule has 2 atom stereocenters. The van der Waals surface area contributed by atoms with Crippen LogP contribution in [0, 0.1) is 6.92 Å². The van der Waals surface area contributed by atoms with E-state index in [9.17, 15) is 0 Å². The first kappa shape index (κ1) is 14.8. The van der Waals surface area contributed by atoms with Crippen LogP contribution in [0.25, 0.3) is 11.2 Å². The molecular formula is C16H23ClN4. The summed E-state index contributed by atoms with van der Waals surface area (Å²) in [6, 6.07) is 2.57. The minimum atomic E-state index is -0.106. The first-order valence-corrected chi connectivity index (χ1v) is 8.21. The molecule has 1 fully saturated rings. The Bertz CT molecular complexity index is 628. The van der Waals surface area contributed by atoms with Crippen molar-refractivity contribution in [2.75, 3.05) is 13.1 Å².